The van der Waals surface area contributed by atoms with Crippen LogP contribution in [0.2, 0.25) is 0 Å². The van der Waals surface area contributed by atoms with Gasteiger partial charge in [0, 0.05) is 0 Å². The number of hydrogen-bond donors (Lipinski definition) is 0. The van der Waals surface area contributed by atoms with E-state index in [1.165, 1.54) is 15.9 Å². The second-order valence-electron chi connectivity index (χ2n) is 6.15. The van der Waals surface area contributed by atoms with E-state index in [0.717, 1.165) is 21.9 Å². The van der Waals surface area contributed by atoms with Crippen LogP contribution in [0, 0.1) is 13.8 Å². The van der Waals surface area contributed by atoms with Crippen LogP contribution in [0.5, 0.6) is 5.75 Å². The lowest BCUT2D eigenvalue weighted by molar-refractivity contribution is 0.224. The van der Waals surface area contributed by atoms with E-state index in [9.17, 15) is 4.79 Å². The molecule has 0 aliphatic heterocycles. The van der Waals surface area contributed by atoms with Crippen molar-refractivity contribution in [2.45, 2.75) is 26.9 Å². The summed E-state index contributed by atoms with van der Waals surface area (Å²) in [5.41, 5.74) is 2.83. The van der Waals surface area contributed by atoms with Crippen LogP contribution in [0.1, 0.15) is 29.2 Å². The first-order valence-corrected chi connectivity index (χ1v) is 8.86. The van der Waals surface area contributed by atoms with Gasteiger partial charge in [0.15, 0.2) is 5.01 Å². The molecule has 0 N–H and O–H groups in total. The molecule has 0 radical (unpaired) electrons. The monoisotopic (exact) mass is 351 g/mol. The van der Waals surface area contributed by atoms with Crippen molar-refractivity contribution < 1.29 is 4.74 Å². The highest BCUT2D eigenvalue weighted by Gasteiger charge is 2.16. The molecule has 0 bridgehead atoms. The average molecular weight is 351 g/mol. The fourth-order valence-corrected chi connectivity index (χ4v) is 3.77. The van der Waals surface area contributed by atoms with E-state index in [2.05, 4.69) is 16.1 Å². The van der Waals surface area contributed by atoms with E-state index in [4.69, 9.17) is 4.74 Å². The molecule has 126 valence electrons. The fourth-order valence-electron chi connectivity index (χ4n) is 2.89. The van der Waals surface area contributed by atoms with E-state index >= 15 is 0 Å². The van der Waals surface area contributed by atoms with Gasteiger partial charge in [-0.15, -0.1) is 0 Å². The second-order valence-corrected chi connectivity index (χ2v) is 7.14. The highest BCUT2D eigenvalue weighted by Crippen LogP contribution is 2.26. The van der Waals surface area contributed by atoms with Crippen LogP contribution in [0.3, 0.4) is 0 Å². The summed E-state index contributed by atoms with van der Waals surface area (Å²) in [7, 11) is 0. The highest BCUT2D eigenvalue weighted by molar-refractivity contribution is 7.16. The van der Waals surface area contributed by atoms with Crippen LogP contribution >= 0.6 is 11.3 Å². The molecular weight excluding hydrogens is 334 g/mol. The van der Waals surface area contributed by atoms with Gasteiger partial charge >= 0.3 is 0 Å². The summed E-state index contributed by atoms with van der Waals surface area (Å²) >= 11 is 1.38. The molecule has 0 saturated heterocycles. The zero-order valence-electron chi connectivity index (χ0n) is 14.2. The summed E-state index contributed by atoms with van der Waals surface area (Å²) < 4.78 is 7.40. The largest absolute Gasteiger partial charge is 0.483 e. The van der Waals surface area contributed by atoms with Crippen LogP contribution in [0.4, 0.5) is 0 Å². The van der Waals surface area contributed by atoms with Gasteiger partial charge < -0.3 is 4.74 Å². The SMILES string of the molecule is Cc1cc(C)cc(O[C@@H](C)c2nn3c(=O)c4ccccc4nc3s2)c1. The molecule has 0 aliphatic rings. The summed E-state index contributed by atoms with van der Waals surface area (Å²) in [6.07, 6.45) is -0.268. The van der Waals surface area contributed by atoms with E-state index in [-0.39, 0.29) is 11.7 Å². The Balaban J connectivity index is 1.74. The Bertz CT molecular complexity index is 1130. The third kappa shape index (κ3) is 2.89. The van der Waals surface area contributed by atoms with Gasteiger partial charge in [-0.05, 0) is 56.2 Å². The average Bonchev–Trinajstić information content (AvgIpc) is 2.98. The summed E-state index contributed by atoms with van der Waals surface area (Å²) in [4.78, 5) is 17.7. The molecule has 0 unspecified atom stereocenters. The fraction of sp³-hybridized carbons (Fsp3) is 0.211. The van der Waals surface area contributed by atoms with Crippen molar-refractivity contribution >= 4 is 27.2 Å². The van der Waals surface area contributed by atoms with Gasteiger partial charge in [0.1, 0.15) is 11.9 Å². The van der Waals surface area contributed by atoms with Crippen molar-refractivity contribution in [1.29, 1.82) is 0 Å². The molecule has 6 heteroatoms. The Hall–Kier alpha value is -2.73. The Labute approximate surface area is 148 Å². The number of ether oxygens (including phenoxy) is 1. The number of aromatic nitrogens is 3. The second kappa shape index (κ2) is 5.97. The van der Waals surface area contributed by atoms with E-state index < -0.39 is 0 Å². The summed E-state index contributed by atoms with van der Waals surface area (Å²) in [6, 6.07) is 13.4. The van der Waals surface area contributed by atoms with Crippen LogP contribution in [-0.2, 0) is 0 Å². The maximum atomic E-state index is 12.6. The van der Waals surface area contributed by atoms with Crippen molar-refractivity contribution in [3.8, 4) is 5.75 Å². The van der Waals surface area contributed by atoms with Crippen molar-refractivity contribution in [1.82, 2.24) is 14.6 Å². The molecular formula is C19H17N3O2S. The molecule has 2 aromatic heterocycles. The highest BCUT2D eigenvalue weighted by atomic mass is 32.1. The zero-order chi connectivity index (χ0) is 17.6. The minimum Gasteiger partial charge on any atom is -0.483 e. The van der Waals surface area contributed by atoms with Crippen LogP contribution < -0.4 is 10.3 Å². The molecule has 2 aromatic carbocycles. The molecule has 4 aromatic rings. The van der Waals surface area contributed by atoms with Crippen LogP contribution in [0.15, 0.2) is 47.3 Å². The predicted octanol–water partition coefficient (Wildman–Crippen LogP) is 4.06. The minimum atomic E-state index is -0.268. The molecule has 1 atom stereocenters. The third-order valence-corrected chi connectivity index (χ3v) is 5.04. The van der Waals surface area contributed by atoms with E-state index in [1.807, 2.05) is 51.1 Å². The molecule has 2 heterocycles. The third-order valence-electron chi connectivity index (χ3n) is 3.97. The summed E-state index contributed by atoms with van der Waals surface area (Å²) in [5, 5.41) is 5.73. The molecule has 0 saturated carbocycles. The first-order chi connectivity index (χ1) is 12.0. The lowest BCUT2D eigenvalue weighted by atomic mass is 10.1. The lowest BCUT2D eigenvalue weighted by Gasteiger charge is -2.13. The maximum absolute atomic E-state index is 12.6. The number of fused-ring (bicyclic) bond motifs is 2. The maximum Gasteiger partial charge on any atom is 0.283 e. The van der Waals surface area contributed by atoms with E-state index in [0.29, 0.717) is 15.9 Å². The van der Waals surface area contributed by atoms with Gasteiger partial charge in [-0.25, -0.2) is 4.98 Å². The Morgan fingerprint density at radius 1 is 1.12 bits per heavy atom. The number of rotatable bonds is 3. The number of aryl methyl sites for hydroxylation is 2. The predicted molar refractivity (Wildman–Crippen MR) is 99.6 cm³/mol. The van der Waals surface area contributed by atoms with Crippen molar-refractivity contribution in [2.75, 3.05) is 0 Å². The van der Waals surface area contributed by atoms with Gasteiger partial charge in [0.25, 0.3) is 5.56 Å². The Kier molecular flexibility index (Phi) is 3.77. The molecule has 4 rings (SSSR count). The molecule has 0 amide bonds. The molecule has 0 fully saturated rings. The van der Waals surface area contributed by atoms with Gasteiger partial charge in [0.05, 0.1) is 10.9 Å². The van der Waals surface area contributed by atoms with E-state index in [1.54, 1.807) is 6.07 Å². The number of nitrogens with zero attached hydrogens (tertiary/aromatic N) is 3. The van der Waals surface area contributed by atoms with Crippen molar-refractivity contribution in [2.24, 2.45) is 0 Å². The lowest BCUT2D eigenvalue weighted by Crippen LogP contribution is -2.15. The number of hydrogen-bond acceptors (Lipinski definition) is 5. The summed E-state index contributed by atoms with van der Waals surface area (Å²) in [5.74, 6) is 0.801. The minimum absolute atomic E-state index is 0.151. The molecule has 25 heavy (non-hydrogen) atoms. The molecule has 0 spiro atoms. The van der Waals surface area contributed by atoms with Crippen molar-refractivity contribution in [3.05, 3.63) is 69.0 Å². The van der Waals surface area contributed by atoms with Gasteiger partial charge in [-0.3, -0.25) is 4.79 Å². The zero-order valence-corrected chi connectivity index (χ0v) is 15.0. The van der Waals surface area contributed by atoms with Gasteiger partial charge in [0.2, 0.25) is 4.96 Å². The standard InChI is InChI=1S/C19H17N3O2S/c1-11-8-12(2)10-14(9-11)24-13(3)17-21-22-18(23)15-6-4-5-7-16(15)20-19(22)25-17/h4-10,13H,1-3H3/t13-/m0/s1. The summed E-state index contributed by atoms with van der Waals surface area (Å²) in [6.45, 7) is 6.01. The Morgan fingerprint density at radius 2 is 1.84 bits per heavy atom. The number of para-hydroxylation sites is 1. The van der Waals surface area contributed by atoms with Gasteiger partial charge in [-0.2, -0.15) is 9.61 Å². The smallest absolute Gasteiger partial charge is 0.283 e. The molecule has 5 nitrogen and oxygen atoms in total. The topological polar surface area (TPSA) is 56.5 Å². The molecule has 0 aliphatic carbocycles. The van der Waals surface area contributed by atoms with Crippen LogP contribution in [0.25, 0.3) is 15.9 Å². The van der Waals surface area contributed by atoms with Crippen molar-refractivity contribution in [3.63, 3.8) is 0 Å². The normalized spacial score (nSPS) is 12.6. The number of benzene rings is 2. The first kappa shape index (κ1) is 15.8. The Morgan fingerprint density at radius 3 is 2.60 bits per heavy atom. The van der Waals surface area contributed by atoms with Gasteiger partial charge in [-0.1, -0.05) is 29.5 Å². The quantitative estimate of drug-likeness (QED) is 0.558. The first-order valence-electron chi connectivity index (χ1n) is 8.05. The van der Waals surface area contributed by atoms with Crippen LogP contribution in [-0.4, -0.2) is 14.6 Å².